The number of fused-ring (bicyclic) bond motifs is 1. The predicted molar refractivity (Wildman–Crippen MR) is 121 cm³/mol. The number of anilines is 1. The fourth-order valence-corrected chi connectivity index (χ4v) is 4.99. The minimum absolute atomic E-state index is 0.140. The molecule has 166 valence electrons. The highest BCUT2D eigenvalue weighted by Gasteiger charge is 2.23. The summed E-state index contributed by atoms with van der Waals surface area (Å²) in [6, 6.07) is 7.57. The first-order valence-corrected chi connectivity index (χ1v) is 11.3. The van der Waals surface area contributed by atoms with Gasteiger partial charge in [-0.25, -0.2) is 15.0 Å². The molecule has 9 nitrogen and oxygen atoms in total. The second-order valence-corrected chi connectivity index (χ2v) is 8.80. The third kappa shape index (κ3) is 4.48. The van der Waals surface area contributed by atoms with Crippen molar-refractivity contribution in [3.63, 3.8) is 0 Å². The number of nitrogens with zero attached hydrogens (tertiary/aromatic N) is 6. The molecule has 0 bridgehead atoms. The number of aromatic nitrogens is 4. The number of nitrogen functional groups attached to an aromatic ring is 1. The Bertz CT molecular complexity index is 1180. The van der Waals surface area contributed by atoms with Crippen molar-refractivity contribution in [1.82, 2.24) is 24.4 Å². The van der Waals surface area contributed by atoms with Gasteiger partial charge in [0.15, 0.2) is 22.1 Å². The second kappa shape index (κ2) is 9.44. The van der Waals surface area contributed by atoms with Crippen molar-refractivity contribution >= 4 is 34.7 Å². The Hall–Kier alpha value is -3.32. The highest BCUT2D eigenvalue weighted by atomic mass is 32.2. The van der Waals surface area contributed by atoms with Gasteiger partial charge in [-0.2, -0.15) is 5.26 Å². The lowest BCUT2D eigenvalue weighted by Gasteiger charge is -2.31. The summed E-state index contributed by atoms with van der Waals surface area (Å²) in [6.45, 7) is 3.94. The number of amides is 1. The molecule has 0 radical (unpaired) electrons. The Balaban J connectivity index is 1.61. The number of nitrogens with two attached hydrogens (primary N) is 1. The minimum Gasteiger partial charge on any atom is -0.497 e. The molecule has 4 rings (SSSR count). The van der Waals surface area contributed by atoms with Crippen LogP contribution >= 0.6 is 11.8 Å². The van der Waals surface area contributed by atoms with Crippen LogP contribution in [0.3, 0.4) is 0 Å². The van der Waals surface area contributed by atoms with Crippen LogP contribution < -0.4 is 10.5 Å². The molecule has 10 heteroatoms. The van der Waals surface area contributed by atoms with Gasteiger partial charge in [0.1, 0.15) is 18.1 Å². The fourth-order valence-electron chi connectivity index (χ4n) is 3.97. The number of benzene rings is 1. The van der Waals surface area contributed by atoms with Crippen molar-refractivity contribution < 1.29 is 9.53 Å². The molecule has 1 saturated heterocycles. The third-order valence-electron chi connectivity index (χ3n) is 5.86. The number of piperidine rings is 1. The topological polar surface area (TPSA) is 123 Å². The zero-order valence-corrected chi connectivity index (χ0v) is 18.9. The number of carbonyl (C=O) groups is 1. The lowest BCUT2D eigenvalue weighted by molar-refractivity contribution is -0.130. The SMILES string of the molecule is COc1ccc(C#N)c(Sc2nc3c(N)ncnc3n2CCC2CCN(C(C)=O)CC2)c1. The molecule has 2 N–H and O–H groups in total. The second-order valence-electron chi connectivity index (χ2n) is 7.79. The van der Waals surface area contributed by atoms with Crippen molar-refractivity contribution in [1.29, 1.82) is 5.26 Å². The summed E-state index contributed by atoms with van der Waals surface area (Å²) in [6.07, 6.45) is 4.36. The molecule has 1 aliphatic rings. The van der Waals surface area contributed by atoms with Crippen LogP contribution in [0.25, 0.3) is 11.2 Å². The van der Waals surface area contributed by atoms with E-state index >= 15 is 0 Å². The van der Waals surface area contributed by atoms with E-state index in [4.69, 9.17) is 15.5 Å². The monoisotopic (exact) mass is 451 g/mol. The van der Waals surface area contributed by atoms with Gasteiger partial charge in [-0.05, 0) is 43.4 Å². The first-order valence-electron chi connectivity index (χ1n) is 10.5. The van der Waals surface area contributed by atoms with E-state index in [1.54, 1.807) is 26.2 Å². The Morgan fingerprint density at radius 1 is 1.34 bits per heavy atom. The van der Waals surface area contributed by atoms with Crippen LogP contribution in [0.2, 0.25) is 0 Å². The molecule has 2 aromatic heterocycles. The van der Waals surface area contributed by atoms with E-state index < -0.39 is 0 Å². The van der Waals surface area contributed by atoms with Crippen molar-refractivity contribution in [3.05, 3.63) is 30.1 Å². The van der Waals surface area contributed by atoms with Gasteiger partial charge in [0.25, 0.3) is 0 Å². The number of carbonyl (C=O) groups excluding carboxylic acids is 1. The smallest absolute Gasteiger partial charge is 0.219 e. The molecule has 0 spiro atoms. The van der Waals surface area contributed by atoms with Crippen LogP contribution in [-0.4, -0.2) is 50.5 Å². The Kier molecular flexibility index (Phi) is 6.46. The van der Waals surface area contributed by atoms with Gasteiger partial charge in [-0.3, -0.25) is 4.79 Å². The van der Waals surface area contributed by atoms with Crippen molar-refractivity contribution in [2.75, 3.05) is 25.9 Å². The quantitative estimate of drug-likeness (QED) is 0.606. The van der Waals surface area contributed by atoms with Crippen LogP contribution in [0.4, 0.5) is 5.82 Å². The van der Waals surface area contributed by atoms with Gasteiger partial charge in [-0.1, -0.05) is 11.8 Å². The maximum absolute atomic E-state index is 11.6. The number of hydrogen-bond acceptors (Lipinski definition) is 8. The van der Waals surface area contributed by atoms with Gasteiger partial charge in [0.2, 0.25) is 5.91 Å². The Morgan fingerprint density at radius 3 is 2.81 bits per heavy atom. The number of imidazole rings is 1. The van der Waals surface area contributed by atoms with E-state index in [0.717, 1.165) is 37.2 Å². The molecule has 0 unspecified atom stereocenters. The predicted octanol–water partition coefficient (Wildman–Crippen LogP) is 3.09. The highest BCUT2D eigenvalue weighted by molar-refractivity contribution is 7.99. The summed E-state index contributed by atoms with van der Waals surface area (Å²) in [7, 11) is 1.60. The number of aryl methyl sites for hydroxylation is 1. The number of hydrogen-bond donors (Lipinski definition) is 1. The average Bonchev–Trinajstić information content (AvgIpc) is 3.16. The van der Waals surface area contributed by atoms with Gasteiger partial charge < -0.3 is 19.9 Å². The molecule has 3 aromatic rings. The molecule has 1 aliphatic heterocycles. The first-order chi connectivity index (χ1) is 15.5. The lowest BCUT2D eigenvalue weighted by Crippen LogP contribution is -2.37. The van der Waals surface area contributed by atoms with Crippen molar-refractivity contribution in [2.45, 2.75) is 42.8 Å². The van der Waals surface area contributed by atoms with Crippen LogP contribution in [-0.2, 0) is 11.3 Å². The zero-order chi connectivity index (χ0) is 22.7. The average molecular weight is 452 g/mol. The van der Waals surface area contributed by atoms with Gasteiger partial charge in [0.05, 0.1) is 12.7 Å². The van der Waals surface area contributed by atoms with E-state index in [2.05, 4.69) is 20.6 Å². The fraction of sp³-hybridized carbons (Fsp3) is 0.409. The maximum Gasteiger partial charge on any atom is 0.219 e. The molecule has 1 amide bonds. The Morgan fingerprint density at radius 2 is 2.12 bits per heavy atom. The van der Waals surface area contributed by atoms with Crippen LogP contribution in [0.5, 0.6) is 5.75 Å². The first kappa shape index (κ1) is 21.9. The van der Waals surface area contributed by atoms with Gasteiger partial charge >= 0.3 is 0 Å². The highest BCUT2D eigenvalue weighted by Crippen LogP contribution is 2.35. The number of rotatable bonds is 6. The number of ether oxygens (including phenoxy) is 1. The van der Waals surface area contributed by atoms with Crippen LogP contribution in [0.1, 0.15) is 31.7 Å². The summed E-state index contributed by atoms with van der Waals surface area (Å²) >= 11 is 1.39. The van der Waals surface area contributed by atoms with E-state index in [1.807, 2.05) is 11.0 Å². The summed E-state index contributed by atoms with van der Waals surface area (Å²) in [4.78, 5) is 27.5. The number of nitriles is 1. The maximum atomic E-state index is 11.6. The number of likely N-dealkylation sites (tertiary alicyclic amines) is 1. The Labute approximate surface area is 190 Å². The van der Waals surface area contributed by atoms with Gasteiger partial charge in [0, 0.05) is 31.5 Å². The van der Waals surface area contributed by atoms with Crippen molar-refractivity contribution in [2.24, 2.45) is 5.92 Å². The molecule has 0 aliphatic carbocycles. The van der Waals surface area contributed by atoms with Gasteiger partial charge in [-0.15, -0.1) is 0 Å². The van der Waals surface area contributed by atoms with E-state index in [-0.39, 0.29) is 5.91 Å². The van der Waals surface area contributed by atoms with Crippen LogP contribution in [0.15, 0.2) is 34.6 Å². The van der Waals surface area contributed by atoms with E-state index in [0.29, 0.717) is 45.9 Å². The molecular weight excluding hydrogens is 426 g/mol. The molecule has 0 atom stereocenters. The summed E-state index contributed by atoms with van der Waals surface area (Å²) in [5, 5.41) is 10.3. The standard InChI is InChI=1S/C22H25N7O2S/c1-14(30)28-8-5-15(6-9-28)7-10-29-21-19(20(24)25-13-26-21)27-22(29)32-18-11-17(31-2)4-3-16(18)12-23/h3-4,11,13,15H,5-10H2,1-2H3,(H2,24,25,26). The molecule has 0 saturated carbocycles. The van der Waals surface area contributed by atoms with Crippen molar-refractivity contribution in [3.8, 4) is 11.8 Å². The molecule has 3 heterocycles. The molecule has 1 aromatic carbocycles. The minimum atomic E-state index is 0.140. The summed E-state index contributed by atoms with van der Waals surface area (Å²) in [5.41, 5.74) is 7.86. The lowest BCUT2D eigenvalue weighted by atomic mass is 9.93. The van der Waals surface area contributed by atoms with E-state index in [9.17, 15) is 10.1 Å². The normalized spacial score (nSPS) is 14.5. The number of methoxy groups -OCH3 is 1. The zero-order valence-electron chi connectivity index (χ0n) is 18.1. The molecule has 1 fully saturated rings. The summed E-state index contributed by atoms with van der Waals surface area (Å²) < 4.78 is 7.38. The third-order valence-corrected chi connectivity index (χ3v) is 6.91. The largest absolute Gasteiger partial charge is 0.497 e. The summed E-state index contributed by atoms with van der Waals surface area (Å²) in [5.74, 6) is 1.66. The van der Waals surface area contributed by atoms with E-state index in [1.165, 1.54) is 18.1 Å². The molecular formula is C22H25N7O2S. The van der Waals surface area contributed by atoms with Crippen LogP contribution in [0, 0.1) is 17.2 Å². The molecule has 32 heavy (non-hydrogen) atoms.